The average molecular weight is 344 g/mol. The quantitative estimate of drug-likeness (QED) is 0.325. The van der Waals surface area contributed by atoms with Crippen LogP contribution >= 0.6 is 0 Å². The molecule has 0 bridgehead atoms. The minimum atomic E-state index is -0.833. The molecule has 0 radical (unpaired) electrons. The van der Waals surface area contributed by atoms with Gasteiger partial charge in [-0.05, 0) is 0 Å². The second kappa shape index (κ2) is 36.4. The van der Waals surface area contributed by atoms with Crippen LogP contribution in [0.2, 0.25) is 0 Å². The number of carboxylic acids is 3. The molecule has 0 atom stereocenters. The third-order valence-electron chi connectivity index (χ3n) is 0. The monoisotopic (exact) mass is 342 g/mol. The summed E-state index contributed by atoms with van der Waals surface area (Å²) in [5.41, 5.74) is 0. The van der Waals surface area contributed by atoms with Crippen LogP contribution in [0.1, 0.15) is 20.8 Å². The number of hydrogen-bond acceptors (Lipinski definition) is 6. The van der Waals surface area contributed by atoms with Crippen LogP contribution in [0.5, 0.6) is 0 Å². The molecule has 110 valence electrons. The molecule has 9 nitrogen and oxygen atoms in total. The van der Waals surface area contributed by atoms with Crippen molar-refractivity contribution in [3.63, 3.8) is 0 Å². The summed E-state index contributed by atoms with van der Waals surface area (Å²) >= 11 is 0. The molecule has 11 heteroatoms. The van der Waals surface area contributed by atoms with E-state index in [-0.39, 0.29) is 33.0 Å². The van der Waals surface area contributed by atoms with Gasteiger partial charge in [0, 0.05) is 53.8 Å². The smallest absolute Gasteiger partial charge is 0.300 e. The summed E-state index contributed by atoms with van der Waals surface area (Å²) in [5, 5.41) is 31.2. The number of aliphatic carboxylic acids is 3. The predicted octanol–water partition coefficient (Wildman–Crippen LogP) is 0.518. The Balaban J connectivity index is -0.0000000230. The fourth-order valence-electron chi connectivity index (χ4n) is 0. The Hall–Kier alpha value is -1.20. The van der Waals surface area contributed by atoms with Gasteiger partial charge in [-0.25, -0.2) is 0 Å². The van der Waals surface area contributed by atoms with Crippen molar-refractivity contribution in [2.75, 3.05) is 0 Å². The fourth-order valence-corrected chi connectivity index (χ4v) is 0. The van der Waals surface area contributed by atoms with E-state index in [4.69, 9.17) is 39.8 Å². The van der Waals surface area contributed by atoms with Gasteiger partial charge in [0.15, 0.2) is 0 Å². The molecule has 0 rings (SSSR count). The van der Waals surface area contributed by atoms with Gasteiger partial charge in [-0.2, -0.15) is 0 Å². The van der Waals surface area contributed by atoms with Crippen molar-refractivity contribution >= 4 is 17.9 Å². The van der Waals surface area contributed by atoms with E-state index in [0.717, 1.165) is 26.1 Å². The Morgan fingerprint density at radius 1 is 0.824 bits per heavy atom. The van der Waals surface area contributed by atoms with E-state index in [1.54, 1.807) is 0 Å². The third-order valence-corrected chi connectivity index (χ3v) is 0. The van der Waals surface area contributed by atoms with E-state index < -0.39 is 17.9 Å². The molecule has 17 heavy (non-hydrogen) atoms. The Bertz CT molecular complexity index is 158. The summed E-state index contributed by atoms with van der Waals surface area (Å²) in [6, 6.07) is 0. The summed E-state index contributed by atoms with van der Waals surface area (Å²) in [7, 11) is 0. The summed E-state index contributed by atoms with van der Waals surface area (Å²) in [4.78, 5) is 35.0. The largest absolute Gasteiger partial charge is 0.481 e. The molecule has 0 unspecified atom stereocenters. The molecule has 0 heterocycles. The predicted molar refractivity (Wildman–Crippen MR) is 49.1 cm³/mol. The fraction of sp³-hybridized carbons (Fsp3) is 0.500. The summed E-state index contributed by atoms with van der Waals surface area (Å²) in [6.07, 6.45) is 0. The molecule has 0 saturated heterocycles. The summed E-state index contributed by atoms with van der Waals surface area (Å²) in [5.74, 6) is -2.50. The van der Waals surface area contributed by atoms with Crippen molar-refractivity contribution in [2.24, 2.45) is 5.34 Å². The van der Waals surface area contributed by atoms with Crippen LogP contribution in [0.3, 0.4) is 0 Å². The first-order valence-corrected chi connectivity index (χ1v) is 3.15. The zero-order valence-electron chi connectivity index (χ0n) is 8.96. The van der Waals surface area contributed by atoms with Gasteiger partial charge in [-0.3, -0.25) is 14.4 Å². The molecule has 0 aliphatic rings. The van der Waals surface area contributed by atoms with Gasteiger partial charge in [-0.1, -0.05) is 0 Å². The molecule has 0 aromatic rings. The van der Waals surface area contributed by atoms with Crippen molar-refractivity contribution in [1.82, 2.24) is 0 Å². The minimum Gasteiger partial charge on any atom is -0.481 e. The number of rotatable bonds is 0. The zero-order valence-corrected chi connectivity index (χ0v) is 10.9. The van der Waals surface area contributed by atoms with Gasteiger partial charge in [0.2, 0.25) is 0 Å². The van der Waals surface area contributed by atoms with Crippen molar-refractivity contribution in [3.8, 4) is 0 Å². The Labute approximate surface area is 117 Å². The third kappa shape index (κ3) is 1670. The maximum atomic E-state index is 9.00. The first kappa shape index (κ1) is 36.0. The van der Waals surface area contributed by atoms with Gasteiger partial charge < -0.3 is 25.4 Å². The average Bonchev–Trinajstić information content (AvgIpc) is 1.81. The molecule has 0 aromatic carbocycles. The maximum absolute atomic E-state index is 9.00. The molecule has 0 saturated carbocycles. The molecule has 3 N–H and O–H groups in total. The second-order valence-electron chi connectivity index (χ2n) is 1.63. The molecule has 0 aliphatic carbocycles. The number of carbonyl (C=O) groups is 3. The minimum absolute atomic E-state index is 0. The Morgan fingerprint density at radius 2 is 0.824 bits per heavy atom. The molecule has 0 fully saturated rings. The van der Waals surface area contributed by atoms with Crippen LogP contribution < -0.4 is 0 Å². The van der Waals surface area contributed by atoms with Gasteiger partial charge in [-0.15, -0.1) is 5.34 Å². The molecule has 0 aliphatic heterocycles. The maximum Gasteiger partial charge on any atom is 0.300 e. The SMILES string of the molecule is CC(=O)O.CC(=O)O.CC(=O)O.O=N[O-].[Ni].[Ni]. The number of carboxylic acid groups (broad SMARTS) is 3. The molecule has 0 spiro atoms. The summed E-state index contributed by atoms with van der Waals surface area (Å²) in [6.45, 7) is 3.25. The van der Waals surface area contributed by atoms with Crippen molar-refractivity contribution in [1.29, 1.82) is 0 Å². The number of nitrogens with zero attached hydrogens (tertiary/aromatic N) is 1. The van der Waals surface area contributed by atoms with Gasteiger partial charge in [0.1, 0.15) is 0 Å². The molecule has 0 aromatic heterocycles. The van der Waals surface area contributed by atoms with Crippen LogP contribution in [0, 0.1) is 10.1 Å². The standard InChI is InChI=1S/3C2H4O2.HNO2.2Ni/c3*1-2(3)4;2-1-3;;/h3*1H3,(H,3,4);(H,2,3);;/p-1. The van der Waals surface area contributed by atoms with Gasteiger partial charge in [0.05, 0.1) is 0 Å². The number of hydrogen-bond donors (Lipinski definition) is 3. The first-order chi connectivity index (χ1) is 6.61. The van der Waals surface area contributed by atoms with Crippen LogP contribution in [0.15, 0.2) is 5.34 Å². The topological polar surface area (TPSA) is 164 Å². The van der Waals surface area contributed by atoms with Crippen LogP contribution in [-0.2, 0) is 47.4 Å². The van der Waals surface area contributed by atoms with E-state index in [1.807, 2.05) is 0 Å². The van der Waals surface area contributed by atoms with Crippen LogP contribution in [-0.4, -0.2) is 33.2 Å². The van der Waals surface area contributed by atoms with Crippen molar-refractivity contribution < 1.29 is 62.7 Å². The Kier molecular flexibility index (Phi) is 77.2. The normalized spacial score (nSPS) is 5.12. The first-order valence-electron chi connectivity index (χ1n) is 3.15. The molecule has 0 amide bonds. The van der Waals surface area contributed by atoms with E-state index in [0.29, 0.717) is 0 Å². The van der Waals surface area contributed by atoms with Gasteiger partial charge >= 0.3 is 0 Å². The Morgan fingerprint density at radius 3 is 0.824 bits per heavy atom. The van der Waals surface area contributed by atoms with Crippen LogP contribution in [0.4, 0.5) is 0 Å². The second-order valence-corrected chi connectivity index (χ2v) is 1.63. The van der Waals surface area contributed by atoms with E-state index >= 15 is 0 Å². The van der Waals surface area contributed by atoms with E-state index in [2.05, 4.69) is 0 Å². The van der Waals surface area contributed by atoms with Gasteiger partial charge in [0.25, 0.3) is 17.9 Å². The molecular weight excluding hydrogens is 331 g/mol. The van der Waals surface area contributed by atoms with E-state index in [1.165, 1.54) is 0 Å². The van der Waals surface area contributed by atoms with Crippen molar-refractivity contribution in [2.45, 2.75) is 20.8 Å². The van der Waals surface area contributed by atoms with Crippen LogP contribution in [0.25, 0.3) is 0 Å². The van der Waals surface area contributed by atoms with E-state index in [9.17, 15) is 0 Å². The van der Waals surface area contributed by atoms with Crippen molar-refractivity contribution in [3.05, 3.63) is 10.1 Å². The summed E-state index contributed by atoms with van der Waals surface area (Å²) < 4.78 is 0. The molecular formula is C6H12NNi2O8-. The zero-order chi connectivity index (χ0) is 13.4.